The molecule has 0 aliphatic heterocycles. The topological polar surface area (TPSA) is 94.0 Å². The summed E-state index contributed by atoms with van der Waals surface area (Å²) in [5.74, 6) is 0.339. The number of methoxy groups -OCH3 is 1. The van der Waals surface area contributed by atoms with Crippen molar-refractivity contribution in [2.45, 2.75) is 0 Å². The third-order valence-electron chi connectivity index (χ3n) is 2.35. The lowest BCUT2D eigenvalue weighted by molar-refractivity contribution is -0.384. The molecule has 18 heavy (non-hydrogen) atoms. The van der Waals surface area contributed by atoms with Gasteiger partial charge in [-0.25, -0.2) is 4.98 Å². The molecule has 7 heteroatoms. The predicted molar refractivity (Wildman–Crippen MR) is 61.5 cm³/mol. The first-order valence-electron chi connectivity index (χ1n) is 4.92. The minimum absolute atomic E-state index is 0.0591. The number of nitro benzene ring substituents is 1. The van der Waals surface area contributed by atoms with E-state index < -0.39 is 4.92 Å². The van der Waals surface area contributed by atoms with Gasteiger partial charge in [-0.15, -0.1) is 0 Å². The molecule has 1 heterocycles. The molecular formula is C11H8N4O3. The highest BCUT2D eigenvalue weighted by molar-refractivity contribution is 5.53. The zero-order valence-electron chi connectivity index (χ0n) is 9.40. The van der Waals surface area contributed by atoms with Crippen molar-refractivity contribution in [2.75, 3.05) is 7.11 Å². The Hall–Kier alpha value is -2.88. The molecule has 0 bridgehead atoms. The van der Waals surface area contributed by atoms with Crippen LogP contribution in [0.25, 0.3) is 5.69 Å². The smallest absolute Gasteiger partial charge is 0.273 e. The minimum Gasteiger partial charge on any atom is -0.494 e. The van der Waals surface area contributed by atoms with Crippen LogP contribution in [-0.2, 0) is 0 Å². The molecule has 0 fully saturated rings. The number of nitriles is 1. The first kappa shape index (κ1) is 11.6. The Kier molecular flexibility index (Phi) is 2.93. The van der Waals surface area contributed by atoms with Gasteiger partial charge in [-0.1, -0.05) is 0 Å². The fourth-order valence-corrected chi connectivity index (χ4v) is 1.51. The van der Waals surface area contributed by atoms with Gasteiger partial charge in [0.25, 0.3) is 5.69 Å². The average Bonchev–Trinajstić information content (AvgIpc) is 2.86. The number of hydrogen-bond acceptors (Lipinski definition) is 5. The van der Waals surface area contributed by atoms with Crippen molar-refractivity contribution in [3.63, 3.8) is 0 Å². The van der Waals surface area contributed by atoms with E-state index >= 15 is 0 Å². The molecule has 2 aromatic rings. The Labute approximate surface area is 102 Å². The Morgan fingerprint density at radius 3 is 2.89 bits per heavy atom. The van der Waals surface area contributed by atoms with Gasteiger partial charge in [-0.3, -0.25) is 10.1 Å². The van der Waals surface area contributed by atoms with Gasteiger partial charge in [-0.2, -0.15) is 5.26 Å². The molecule has 1 aromatic carbocycles. The highest BCUT2D eigenvalue weighted by Gasteiger charge is 2.12. The lowest BCUT2D eigenvalue weighted by Gasteiger charge is -2.08. The van der Waals surface area contributed by atoms with Gasteiger partial charge in [0.15, 0.2) is 5.69 Å². The molecule has 2 rings (SSSR count). The van der Waals surface area contributed by atoms with Crippen LogP contribution in [0.3, 0.4) is 0 Å². The van der Waals surface area contributed by atoms with Crippen LogP contribution in [0.5, 0.6) is 5.75 Å². The summed E-state index contributed by atoms with van der Waals surface area (Å²) in [6, 6.07) is 6.13. The standard InChI is InChI=1S/C11H8N4O3/c1-18-11-4-9(15(16)17)2-3-10(11)14-6-8(5-12)13-7-14/h2-4,6-7H,1H3. The van der Waals surface area contributed by atoms with Crippen molar-refractivity contribution in [3.05, 3.63) is 46.5 Å². The third-order valence-corrected chi connectivity index (χ3v) is 2.35. The lowest BCUT2D eigenvalue weighted by Crippen LogP contribution is -1.97. The van der Waals surface area contributed by atoms with Crippen LogP contribution in [0.2, 0.25) is 0 Å². The van der Waals surface area contributed by atoms with Gasteiger partial charge in [0.05, 0.1) is 23.8 Å². The fraction of sp³-hybridized carbons (Fsp3) is 0.0909. The van der Waals surface area contributed by atoms with E-state index in [1.165, 1.54) is 31.8 Å². The summed E-state index contributed by atoms with van der Waals surface area (Å²) in [6.07, 6.45) is 2.96. The summed E-state index contributed by atoms with van der Waals surface area (Å²) in [4.78, 5) is 14.0. The first-order chi connectivity index (χ1) is 8.65. The predicted octanol–water partition coefficient (Wildman–Crippen LogP) is 1.66. The van der Waals surface area contributed by atoms with E-state index in [1.807, 2.05) is 6.07 Å². The molecule has 90 valence electrons. The van der Waals surface area contributed by atoms with Crippen molar-refractivity contribution in [1.29, 1.82) is 5.26 Å². The van der Waals surface area contributed by atoms with E-state index in [0.717, 1.165) is 0 Å². The van der Waals surface area contributed by atoms with Crippen LogP contribution in [0.4, 0.5) is 5.69 Å². The quantitative estimate of drug-likeness (QED) is 0.604. The van der Waals surface area contributed by atoms with Crippen molar-refractivity contribution in [1.82, 2.24) is 9.55 Å². The molecule has 7 nitrogen and oxygen atoms in total. The summed E-state index contributed by atoms with van der Waals surface area (Å²) in [5.41, 5.74) is 0.781. The maximum atomic E-state index is 10.7. The Bertz CT molecular complexity index is 642. The first-order valence-corrected chi connectivity index (χ1v) is 4.92. The highest BCUT2D eigenvalue weighted by atomic mass is 16.6. The molecule has 0 saturated heterocycles. The van der Waals surface area contributed by atoms with Gasteiger partial charge in [0, 0.05) is 12.3 Å². The van der Waals surface area contributed by atoms with Crippen LogP contribution < -0.4 is 4.74 Å². The number of aromatic nitrogens is 2. The number of rotatable bonds is 3. The number of nitro groups is 1. The zero-order chi connectivity index (χ0) is 13.1. The SMILES string of the molecule is COc1cc([N+](=O)[O-])ccc1-n1cnc(C#N)c1. The number of hydrogen-bond donors (Lipinski definition) is 0. The molecule has 0 aliphatic carbocycles. The van der Waals surface area contributed by atoms with E-state index in [4.69, 9.17) is 10.00 Å². The molecule has 0 atom stereocenters. The molecule has 0 saturated carbocycles. The number of nitrogens with zero attached hydrogens (tertiary/aromatic N) is 4. The average molecular weight is 244 g/mol. The van der Waals surface area contributed by atoms with E-state index in [1.54, 1.807) is 10.6 Å². The number of imidazole rings is 1. The van der Waals surface area contributed by atoms with Crippen LogP contribution in [-0.4, -0.2) is 21.6 Å². The van der Waals surface area contributed by atoms with E-state index in [2.05, 4.69) is 4.98 Å². The Morgan fingerprint density at radius 1 is 1.56 bits per heavy atom. The maximum absolute atomic E-state index is 10.7. The summed E-state index contributed by atoms with van der Waals surface area (Å²) >= 11 is 0. The van der Waals surface area contributed by atoms with Crippen molar-refractivity contribution in [3.8, 4) is 17.5 Å². The fourth-order valence-electron chi connectivity index (χ4n) is 1.51. The molecule has 1 aromatic heterocycles. The van der Waals surface area contributed by atoms with Gasteiger partial charge < -0.3 is 9.30 Å². The number of benzene rings is 1. The largest absolute Gasteiger partial charge is 0.494 e. The number of ether oxygens (including phenoxy) is 1. The monoisotopic (exact) mass is 244 g/mol. The van der Waals surface area contributed by atoms with E-state index in [0.29, 0.717) is 11.4 Å². The molecule has 0 unspecified atom stereocenters. The summed E-state index contributed by atoms with van der Waals surface area (Å²) < 4.78 is 6.67. The van der Waals surface area contributed by atoms with Crippen LogP contribution >= 0.6 is 0 Å². The van der Waals surface area contributed by atoms with Gasteiger partial charge in [0.2, 0.25) is 0 Å². The second kappa shape index (κ2) is 4.55. The second-order valence-electron chi connectivity index (χ2n) is 3.39. The maximum Gasteiger partial charge on any atom is 0.273 e. The Morgan fingerprint density at radius 2 is 2.33 bits per heavy atom. The van der Waals surface area contributed by atoms with Gasteiger partial charge in [-0.05, 0) is 6.07 Å². The number of non-ortho nitro benzene ring substituents is 1. The van der Waals surface area contributed by atoms with Crippen LogP contribution in [0, 0.1) is 21.4 Å². The van der Waals surface area contributed by atoms with Crippen LogP contribution in [0.15, 0.2) is 30.7 Å². The summed E-state index contributed by atoms with van der Waals surface area (Å²) in [7, 11) is 1.42. The molecule has 0 N–H and O–H groups in total. The van der Waals surface area contributed by atoms with Crippen molar-refractivity contribution < 1.29 is 9.66 Å². The van der Waals surface area contributed by atoms with Crippen LogP contribution in [0.1, 0.15) is 5.69 Å². The molecule has 0 radical (unpaired) electrons. The van der Waals surface area contributed by atoms with Crippen molar-refractivity contribution >= 4 is 5.69 Å². The zero-order valence-corrected chi connectivity index (χ0v) is 9.40. The lowest BCUT2D eigenvalue weighted by atomic mass is 10.2. The minimum atomic E-state index is -0.499. The molecule has 0 aliphatic rings. The third kappa shape index (κ3) is 1.99. The normalized spacial score (nSPS) is 9.78. The molecule has 0 spiro atoms. The van der Waals surface area contributed by atoms with Gasteiger partial charge in [0.1, 0.15) is 18.1 Å². The van der Waals surface area contributed by atoms with Crippen molar-refractivity contribution in [2.24, 2.45) is 0 Å². The Balaban J connectivity index is 2.51. The molecular weight excluding hydrogens is 236 g/mol. The van der Waals surface area contributed by atoms with Gasteiger partial charge >= 0.3 is 0 Å². The second-order valence-corrected chi connectivity index (χ2v) is 3.39. The summed E-state index contributed by atoms with van der Waals surface area (Å²) in [6.45, 7) is 0. The summed E-state index contributed by atoms with van der Waals surface area (Å²) in [5, 5.41) is 19.3. The molecule has 0 amide bonds. The highest BCUT2D eigenvalue weighted by Crippen LogP contribution is 2.27. The van der Waals surface area contributed by atoms with E-state index in [9.17, 15) is 10.1 Å². The van der Waals surface area contributed by atoms with E-state index in [-0.39, 0.29) is 11.4 Å².